The molecule has 5 heteroatoms. The zero-order chi connectivity index (χ0) is 11.4. The van der Waals surface area contributed by atoms with E-state index in [-0.39, 0.29) is 12.4 Å². The molecule has 0 radical (unpaired) electrons. The summed E-state index contributed by atoms with van der Waals surface area (Å²) >= 11 is 3.09. The number of hydrogen-bond donors (Lipinski definition) is 0. The molecule has 0 fully saturated rings. The van der Waals surface area contributed by atoms with Crippen LogP contribution in [0.25, 0.3) is 10.2 Å². The highest BCUT2D eigenvalue weighted by Crippen LogP contribution is 2.29. The molecular formula is C11H11NO2S2. The molecule has 0 aliphatic carbocycles. The number of benzene rings is 1. The summed E-state index contributed by atoms with van der Waals surface area (Å²) in [6, 6.07) is 7.97. The maximum Gasteiger partial charge on any atom is 0.168 e. The Morgan fingerprint density at radius 1 is 1.50 bits per heavy atom. The topological polar surface area (TPSA) is 39.2 Å². The molecule has 0 amide bonds. The molecule has 0 aliphatic heterocycles. The van der Waals surface area contributed by atoms with Gasteiger partial charge in [0.25, 0.3) is 0 Å². The highest BCUT2D eigenvalue weighted by molar-refractivity contribution is 8.01. The van der Waals surface area contributed by atoms with E-state index in [2.05, 4.69) is 4.98 Å². The highest BCUT2D eigenvalue weighted by Gasteiger charge is 2.06. The fourth-order valence-corrected chi connectivity index (χ4v) is 3.17. The quantitative estimate of drug-likeness (QED) is 0.768. The number of carbonyl (C=O) groups excluding carboxylic acids is 1. The van der Waals surface area contributed by atoms with Crippen molar-refractivity contribution in [2.45, 2.75) is 4.34 Å². The second-order valence-electron chi connectivity index (χ2n) is 3.21. The van der Waals surface area contributed by atoms with E-state index in [1.54, 1.807) is 11.3 Å². The summed E-state index contributed by atoms with van der Waals surface area (Å²) < 4.78 is 6.86. The van der Waals surface area contributed by atoms with Crippen LogP contribution in [0.15, 0.2) is 28.6 Å². The third-order valence-electron chi connectivity index (χ3n) is 1.94. The van der Waals surface area contributed by atoms with Crippen molar-refractivity contribution < 1.29 is 9.53 Å². The molecule has 1 aromatic carbocycles. The number of thiazole rings is 1. The zero-order valence-electron chi connectivity index (χ0n) is 8.80. The van der Waals surface area contributed by atoms with E-state index in [0.717, 1.165) is 14.6 Å². The first-order chi connectivity index (χ1) is 7.79. The number of aromatic nitrogens is 1. The summed E-state index contributed by atoms with van der Waals surface area (Å²) in [7, 11) is 1.53. The Balaban J connectivity index is 2.02. The fourth-order valence-electron chi connectivity index (χ4n) is 1.26. The largest absolute Gasteiger partial charge is 0.377 e. The standard InChI is InChI=1S/C11H11NO2S2/c1-14-6-8(13)7-15-11-12-9-4-2-3-5-10(9)16-11/h2-5H,6-7H2,1H3. The van der Waals surface area contributed by atoms with Crippen molar-refractivity contribution in [1.29, 1.82) is 0 Å². The Morgan fingerprint density at radius 3 is 3.06 bits per heavy atom. The monoisotopic (exact) mass is 253 g/mol. The molecule has 0 bridgehead atoms. The smallest absolute Gasteiger partial charge is 0.168 e. The average molecular weight is 253 g/mol. The van der Waals surface area contributed by atoms with E-state index in [0.29, 0.717) is 5.75 Å². The van der Waals surface area contributed by atoms with Gasteiger partial charge in [-0.15, -0.1) is 11.3 Å². The predicted molar refractivity (Wildman–Crippen MR) is 67.2 cm³/mol. The third kappa shape index (κ3) is 2.81. The fraction of sp³-hybridized carbons (Fsp3) is 0.273. The number of fused-ring (bicyclic) bond motifs is 1. The third-order valence-corrected chi connectivity index (χ3v) is 4.18. The van der Waals surface area contributed by atoms with Gasteiger partial charge in [-0.2, -0.15) is 0 Å². The van der Waals surface area contributed by atoms with Crippen LogP contribution in [0.3, 0.4) is 0 Å². The minimum Gasteiger partial charge on any atom is -0.377 e. The van der Waals surface area contributed by atoms with Gasteiger partial charge >= 0.3 is 0 Å². The minimum absolute atomic E-state index is 0.0896. The first-order valence-corrected chi connectivity index (χ1v) is 6.59. The van der Waals surface area contributed by atoms with Gasteiger partial charge in [0.05, 0.1) is 16.0 Å². The molecule has 3 nitrogen and oxygen atoms in total. The first kappa shape index (κ1) is 11.6. The number of hydrogen-bond acceptors (Lipinski definition) is 5. The van der Waals surface area contributed by atoms with Gasteiger partial charge in [0, 0.05) is 7.11 Å². The Kier molecular flexibility index (Phi) is 3.93. The van der Waals surface area contributed by atoms with E-state index in [1.807, 2.05) is 24.3 Å². The number of carbonyl (C=O) groups is 1. The van der Waals surface area contributed by atoms with Gasteiger partial charge in [-0.3, -0.25) is 4.79 Å². The molecule has 0 saturated carbocycles. The van der Waals surface area contributed by atoms with Crippen LogP contribution in [0.5, 0.6) is 0 Å². The number of rotatable bonds is 5. The van der Waals surface area contributed by atoms with E-state index in [1.165, 1.54) is 18.9 Å². The number of Topliss-reactive ketones (excluding diaryl/α,β-unsaturated/α-hetero) is 1. The van der Waals surface area contributed by atoms with Crippen LogP contribution < -0.4 is 0 Å². The van der Waals surface area contributed by atoms with Crippen LogP contribution in [0.4, 0.5) is 0 Å². The maximum atomic E-state index is 11.3. The number of nitrogens with zero attached hydrogens (tertiary/aromatic N) is 1. The molecule has 84 valence electrons. The van der Waals surface area contributed by atoms with Crippen LogP contribution in [0.1, 0.15) is 0 Å². The van der Waals surface area contributed by atoms with E-state index >= 15 is 0 Å². The van der Waals surface area contributed by atoms with Gasteiger partial charge < -0.3 is 4.74 Å². The van der Waals surface area contributed by atoms with Crippen molar-refractivity contribution in [2.24, 2.45) is 0 Å². The second kappa shape index (κ2) is 5.43. The summed E-state index contributed by atoms with van der Waals surface area (Å²) in [5.41, 5.74) is 0.995. The zero-order valence-corrected chi connectivity index (χ0v) is 10.4. The van der Waals surface area contributed by atoms with Gasteiger partial charge in [0.1, 0.15) is 6.61 Å². The van der Waals surface area contributed by atoms with Crippen LogP contribution >= 0.6 is 23.1 Å². The van der Waals surface area contributed by atoms with Gasteiger partial charge in [-0.1, -0.05) is 23.9 Å². The summed E-state index contributed by atoms with van der Waals surface area (Å²) in [6.45, 7) is 0.178. The molecule has 16 heavy (non-hydrogen) atoms. The van der Waals surface area contributed by atoms with Crippen LogP contribution in [-0.4, -0.2) is 30.2 Å². The molecule has 0 saturated heterocycles. The SMILES string of the molecule is COCC(=O)CSc1nc2ccccc2s1. The number of para-hydroxylation sites is 1. The first-order valence-electron chi connectivity index (χ1n) is 4.78. The summed E-state index contributed by atoms with van der Waals surface area (Å²) in [5, 5.41) is 0. The Labute approximate surface area is 102 Å². The summed E-state index contributed by atoms with van der Waals surface area (Å²) in [6.07, 6.45) is 0. The van der Waals surface area contributed by atoms with Gasteiger partial charge in [-0.25, -0.2) is 4.98 Å². The summed E-state index contributed by atoms with van der Waals surface area (Å²) in [4.78, 5) is 15.7. The molecular weight excluding hydrogens is 242 g/mol. The van der Waals surface area contributed by atoms with Crippen molar-refractivity contribution in [3.8, 4) is 0 Å². The van der Waals surface area contributed by atoms with Crippen molar-refractivity contribution in [3.63, 3.8) is 0 Å². The lowest BCUT2D eigenvalue weighted by Gasteiger charge is -1.95. The predicted octanol–water partition coefficient (Wildman–Crippen LogP) is 2.60. The van der Waals surface area contributed by atoms with E-state index < -0.39 is 0 Å². The van der Waals surface area contributed by atoms with Gasteiger partial charge in [-0.05, 0) is 12.1 Å². The highest BCUT2D eigenvalue weighted by atomic mass is 32.2. The van der Waals surface area contributed by atoms with Crippen LogP contribution in [0, 0.1) is 0 Å². The summed E-state index contributed by atoms with van der Waals surface area (Å²) in [5.74, 6) is 0.514. The van der Waals surface area contributed by atoms with Gasteiger partial charge in [0.2, 0.25) is 0 Å². The Hall–Kier alpha value is -0.910. The average Bonchev–Trinajstić information content (AvgIpc) is 2.69. The number of thioether (sulfide) groups is 1. The van der Waals surface area contributed by atoms with Crippen molar-refractivity contribution in [3.05, 3.63) is 24.3 Å². The van der Waals surface area contributed by atoms with Gasteiger partial charge in [0.15, 0.2) is 10.1 Å². The molecule has 2 aromatic rings. The van der Waals surface area contributed by atoms with Crippen molar-refractivity contribution >= 4 is 39.1 Å². The lowest BCUT2D eigenvalue weighted by molar-refractivity contribution is -0.120. The molecule has 1 heterocycles. The molecule has 0 aliphatic rings. The minimum atomic E-state index is 0.0896. The lowest BCUT2D eigenvalue weighted by atomic mass is 10.3. The van der Waals surface area contributed by atoms with Crippen LogP contribution in [-0.2, 0) is 9.53 Å². The number of ether oxygens (including phenoxy) is 1. The van der Waals surface area contributed by atoms with E-state index in [4.69, 9.17) is 4.74 Å². The number of ketones is 1. The van der Waals surface area contributed by atoms with Crippen molar-refractivity contribution in [1.82, 2.24) is 4.98 Å². The van der Waals surface area contributed by atoms with Crippen LogP contribution in [0.2, 0.25) is 0 Å². The lowest BCUT2D eigenvalue weighted by Crippen LogP contribution is -2.08. The number of methoxy groups -OCH3 is 1. The molecule has 0 spiro atoms. The Bertz CT molecular complexity index is 462. The molecule has 0 atom stereocenters. The molecule has 0 N–H and O–H groups in total. The normalized spacial score (nSPS) is 10.8. The molecule has 1 aromatic heterocycles. The van der Waals surface area contributed by atoms with E-state index in [9.17, 15) is 4.79 Å². The maximum absolute atomic E-state index is 11.3. The molecule has 0 unspecified atom stereocenters. The second-order valence-corrected chi connectivity index (χ2v) is 5.46. The Morgan fingerprint density at radius 2 is 2.31 bits per heavy atom. The molecule has 2 rings (SSSR count). The van der Waals surface area contributed by atoms with Crippen molar-refractivity contribution in [2.75, 3.05) is 19.5 Å².